The van der Waals surface area contributed by atoms with Crippen molar-refractivity contribution in [3.63, 3.8) is 0 Å². The molecule has 6 heteroatoms. The van der Waals surface area contributed by atoms with Gasteiger partial charge in [-0.3, -0.25) is 14.8 Å². The van der Waals surface area contributed by atoms with E-state index in [4.69, 9.17) is 10.8 Å². The van der Waals surface area contributed by atoms with Crippen LogP contribution in [-0.4, -0.2) is 32.2 Å². The lowest BCUT2D eigenvalue weighted by Gasteiger charge is -2.12. The molecule has 0 saturated carbocycles. The van der Waals surface area contributed by atoms with Crippen molar-refractivity contribution < 1.29 is 15.0 Å². The van der Waals surface area contributed by atoms with Gasteiger partial charge < -0.3 is 15.9 Å². The number of aliphatic hydroxyl groups is 2. The molecular weight excluding hydrogens is 174 g/mol. The van der Waals surface area contributed by atoms with Gasteiger partial charge in [0.2, 0.25) is 5.91 Å². The molecule has 6 nitrogen and oxygen atoms in total. The minimum absolute atomic E-state index is 0.105. The van der Waals surface area contributed by atoms with E-state index in [1.54, 1.807) is 0 Å². The summed E-state index contributed by atoms with van der Waals surface area (Å²) in [5.74, 6) is -1.00. The first kappa shape index (κ1) is 9.56. The quantitative estimate of drug-likeness (QED) is 0.520. The number of carbonyl (C=O) groups excluding carboxylic acids is 1. The topological polar surface area (TPSA) is 109 Å². The summed E-state index contributed by atoms with van der Waals surface area (Å²) in [5.41, 5.74) is 4.88. The van der Waals surface area contributed by atoms with Crippen LogP contribution in [0.25, 0.3) is 0 Å². The van der Waals surface area contributed by atoms with Crippen LogP contribution in [0.5, 0.6) is 0 Å². The lowest BCUT2D eigenvalue weighted by atomic mass is 10.1. The Hall–Kier alpha value is -1.53. The van der Waals surface area contributed by atoms with Gasteiger partial charge in [-0.1, -0.05) is 0 Å². The van der Waals surface area contributed by atoms with Gasteiger partial charge in [0.25, 0.3) is 0 Å². The number of nitrogens with two attached hydrogens (primary N) is 1. The van der Waals surface area contributed by atoms with Gasteiger partial charge in [0, 0.05) is 12.4 Å². The maximum atomic E-state index is 10.5. The van der Waals surface area contributed by atoms with Crippen LogP contribution in [0.2, 0.25) is 0 Å². The largest absolute Gasteiger partial charge is 0.383 e. The predicted octanol–water partition coefficient (Wildman–Crippen LogP) is -1.64. The zero-order chi connectivity index (χ0) is 9.84. The summed E-state index contributed by atoms with van der Waals surface area (Å²) in [5, 5.41) is 18.4. The molecule has 0 aliphatic heterocycles. The molecule has 1 amide bonds. The maximum absolute atomic E-state index is 10.5. The van der Waals surface area contributed by atoms with E-state index in [9.17, 15) is 9.90 Å². The van der Waals surface area contributed by atoms with Gasteiger partial charge in [0.05, 0.1) is 11.9 Å². The number of hydrogen-bond donors (Lipinski definition) is 3. The number of aromatic nitrogens is 2. The van der Waals surface area contributed by atoms with Crippen LogP contribution >= 0.6 is 0 Å². The summed E-state index contributed by atoms with van der Waals surface area (Å²) in [4.78, 5) is 17.8. The number of rotatable bonds is 3. The Kier molecular flexibility index (Phi) is 2.88. The molecule has 0 spiro atoms. The molecule has 1 heterocycles. The molecule has 2 atom stereocenters. The Bertz CT molecular complexity index is 290. The zero-order valence-electron chi connectivity index (χ0n) is 6.66. The molecule has 0 aliphatic rings. The highest BCUT2D eigenvalue weighted by atomic mass is 16.3. The molecule has 1 rings (SSSR count). The van der Waals surface area contributed by atoms with Gasteiger partial charge in [0.15, 0.2) is 6.10 Å². The van der Waals surface area contributed by atoms with Gasteiger partial charge in [0.1, 0.15) is 6.10 Å². The Labute approximate surface area is 74.1 Å². The van der Waals surface area contributed by atoms with Gasteiger partial charge in [-0.25, -0.2) is 0 Å². The minimum Gasteiger partial charge on any atom is -0.383 e. The second kappa shape index (κ2) is 3.92. The van der Waals surface area contributed by atoms with E-state index < -0.39 is 18.1 Å². The van der Waals surface area contributed by atoms with Crippen molar-refractivity contribution in [2.75, 3.05) is 0 Å². The highest BCUT2D eigenvalue weighted by Crippen LogP contribution is 2.11. The van der Waals surface area contributed by atoms with Crippen molar-refractivity contribution in [1.82, 2.24) is 9.97 Å². The minimum atomic E-state index is -1.66. The smallest absolute Gasteiger partial charge is 0.249 e. The third-order valence-electron chi connectivity index (χ3n) is 1.48. The van der Waals surface area contributed by atoms with Crippen LogP contribution in [0.3, 0.4) is 0 Å². The van der Waals surface area contributed by atoms with E-state index in [-0.39, 0.29) is 5.69 Å². The summed E-state index contributed by atoms with van der Waals surface area (Å²) in [6, 6.07) is 0. The molecule has 4 N–H and O–H groups in total. The normalized spacial score (nSPS) is 14.9. The van der Waals surface area contributed by atoms with Crippen molar-refractivity contribution in [2.45, 2.75) is 12.2 Å². The van der Waals surface area contributed by atoms with Crippen LogP contribution in [0.15, 0.2) is 18.6 Å². The predicted molar refractivity (Wildman–Crippen MR) is 42.2 cm³/mol. The van der Waals surface area contributed by atoms with Crippen LogP contribution in [-0.2, 0) is 4.79 Å². The third-order valence-corrected chi connectivity index (χ3v) is 1.48. The van der Waals surface area contributed by atoms with E-state index >= 15 is 0 Å². The number of nitrogens with zero attached hydrogens (tertiary/aromatic N) is 2. The third kappa shape index (κ3) is 2.20. The lowest BCUT2D eigenvalue weighted by Crippen LogP contribution is -2.34. The summed E-state index contributed by atoms with van der Waals surface area (Å²) >= 11 is 0. The second-order valence-corrected chi connectivity index (χ2v) is 2.42. The zero-order valence-corrected chi connectivity index (χ0v) is 6.66. The number of hydrogen-bond acceptors (Lipinski definition) is 5. The molecule has 0 aliphatic carbocycles. The van der Waals surface area contributed by atoms with Crippen molar-refractivity contribution in [2.24, 2.45) is 5.73 Å². The summed E-state index contributed by atoms with van der Waals surface area (Å²) in [6.07, 6.45) is 0.915. The van der Waals surface area contributed by atoms with Crippen molar-refractivity contribution in [3.8, 4) is 0 Å². The number of amides is 1. The fourth-order valence-electron chi connectivity index (χ4n) is 0.781. The molecule has 0 saturated heterocycles. The first-order valence-corrected chi connectivity index (χ1v) is 3.54. The molecule has 0 aromatic carbocycles. The molecule has 2 unspecified atom stereocenters. The highest BCUT2D eigenvalue weighted by molar-refractivity contribution is 5.79. The summed E-state index contributed by atoms with van der Waals surface area (Å²) in [7, 11) is 0. The Morgan fingerprint density at radius 1 is 1.46 bits per heavy atom. The highest BCUT2D eigenvalue weighted by Gasteiger charge is 2.24. The second-order valence-electron chi connectivity index (χ2n) is 2.42. The van der Waals surface area contributed by atoms with E-state index in [0.717, 1.165) is 0 Å². The van der Waals surface area contributed by atoms with Crippen LogP contribution < -0.4 is 5.73 Å². The van der Waals surface area contributed by atoms with Crippen LogP contribution in [0.4, 0.5) is 0 Å². The average Bonchev–Trinajstić information content (AvgIpc) is 2.17. The van der Waals surface area contributed by atoms with E-state index in [1.807, 2.05) is 0 Å². The fourth-order valence-corrected chi connectivity index (χ4v) is 0.781. The lowest BCUT2D eigenvalue weighted by molar-refractivity contribution is -0.132. The maximum Gasteiger partial charge on any atom is 0.249 e. The first-order valence-electron chi connectivity index (χ1n) is 3.54. The fraction of sp³-hybridized carbons (Fsp3) is 0.286. The van der Waals surface area contributed by atoms with Crippen LogP contribution in [0.1, 0.15) is 11.8 Å². The Morgan fingerprint density at radius 2 is 2.15 bits per heavy atom. The number of carbonyl (C=O) groups is 1. The van der Waals surface area contributed by atoms with Crippen LogP contribution in [0, 0.1) is 0 Å². The molecule has 70 valence electrons. The standard InChI is InChI=1S/C7H9N3O3/c8-7(13)6(12)5(11)4-3-9-1-2-10-4/h1-3,5-6,11-12H,(H2,8,13). The summed E-state index contributed by atoms with van der Waals surface area (Å²) in [6.45, 7) is 0. The van der Waals surface area contributed by atoms with Gasteiger partial charge >= 0.3 is 0 Å². The average molecular weight is 183 g/mol. The molecular formula is C7H9N3O3. The monoisotopic (exact) mass is 183 g/mol. The Balaban J connectivity index is 2.79. The first-order chi connectivity index (χ1) is 6.13. The molecule has 1 aromatic rings. The molecule has 1 aromatic heterocycles. The number of primary amides is 1. The number of aliphatic hydroxyl groups excluding tert-OH is 2. The van der Waals surface area contributed by atoms with Crippen molar-refractivity contribution in [1.29, 1.82) is 0 Å². The van der Waals surface area contributed by atoms with Crippen molar-refractivity contribution >= 4 is 5.91 Å². The Morgan fingerprint density at radius 3 is 2.62 bits per heavy atom. The molecule has 0 bridgehead atoms. The van der Waals surface area contributed by atoms with E-state index in [2.05, 4.69) is 9.97 Å². The van der Waals surface area contributed by atoms with Crippen molar-refractivity contribution in [3.05, 3.63) is 24.3 Å². The summed E-state index contributed by atoms with van der Waals surface area (Å²) < 4.78 is 0. The molecule has 0 fully saturated rings. The van der Waals surface area contributed by atoms with E-state index in [1.165, 1.54) is 18.6 Å². The molecule has 13 heavy (non-hydrogen) atoms. The molecule has 0 radical (unpaired) electrons. The van der Waals surface area contributed by atoms with Gasteiger partial charge in [-0.15, -0.1) is 0 Å². The SMILES string of the molecule is NC(=O)C(O)C(O)c1cnccn1. The van der Waals surface area contributed by atoms with Gasteiger partial charge in [-0.05, 0) is 0 Å². The van der Waals surface area contributed by atoms with E-state index in [0.29, 0.717) is 0 Å². The van der Waals surface area contributed by atoms with Gasteiger partial charge in [-0.2, -0.15) is 0 Å².